The fourth-order valence-corrected chi connectivity index (χ4v) is 13.0. The average Bonchev–Trinajstić information content (AvgIpc) is 3.80. The summed E-state index contributed by atoms with van der Waals surface area (Å²) >= 11 is 1.89. The number of fused-ring (bicyclic) bond motifs is 19. The van der Waals surface area contributed by atoms with Gasteiger partial charge in [-0.3, -0.25) is 0 Å². The number of benzene rings is 10. The number of ether oxygens (including phenoxy) is 1. The molecule has 2 nitrogen and oxygen atoms in total. The van der Waals surface area contributed by atoms with Crippen LogP contribution in [-0.2, 0) is 10.8 Å². The number of anilines is 3. The van der Waals surface area contributed by atoms with Crippen molar-refractivity contribution in [3.05, 3.63) is 269 Å². The molecule has 63 heavy (non-hydrogen) atoms. The molecule has 294 valence electrons. The van der Waals surface area contributed by atoms with Gasteiger partial charge in [0.15, 0.2) is 0 Å². The van der Waals surface area contributed by atoms with Gasteiger partial charge in [0.05, 0.1) is 16.5 Å². The SMILES string of the molecule is c1ccc2c(c1)Oc1ccccc1C21c2ccccc2-c2c(N(c3ccc4c(c3)C3(c5ccccc5Sc5ccccc53)c3ccccc3-4)c3ccc4ccccc4c3)cccc21. The first kappa shape index (κ1) is 35.1. The lowest BCUT2D eigenvalue weighted by atomic mass is 9.66. The molecule has 0 atom stereocenters. The number of rotatable bonds is 3. The van der Waals surface area contributed by atoms with E-state index in [0.29, 0.717) is 0 Å². The zero-order valence-corrected chi connectivity index (χ0v) is 34.9. The Bertz CT molecular complexity index is 3480. The third-order valence-corrected chi connectivity index (χ3v) is 15.3. The molecule has 10 aromatic carbocycles. The van der Waals surface area contributed by atoms with Crippen molar-refractivity contribution in [3.63, 3.8) is 0 Å². The molecule has 0 fully saturated rings. The van der Waals surface area contributed by atoms with Crippen LogP contribution in [-0.4, -0.2) is 0 Å². The van der Waals surface area contributed by atoms with Gasteiger partial charge < -0.3 is 9.64 Å². The Labute approximate surface area is 370 Å². The second kappa shape index (κ2) is 13.0. The fraction of sp³-hybridized carbons (Fsp3) is 0.0333. The van der Waals surface area contributed by atoms with Gasteiger partial charge in [0.2, 0.25) is 0 Å². The minimum atomic E-state index is -0.584. The van der Waals surface area contributed by atoms with Gasteiger partial charge in [0, 0.05) is 37.9 Å². The first-order valence-electron chi connectivity index (χ1n) is 21.7. The smallest absolute Gasteiger partial charge is 0.132 e. The number of para-hydroxylation sites is 2. The summed E-state index contributed by atoms with van der Waals surface area (Å²) in [5.74, 6) is 1.79. The lowest BCUT2D eigenvalue weighted by molar-refractivity contribution is 0.436. The predicted octanol–water partition coefficient (Wildman–Crippen LogP) is 15.6. The van der Waals surface area contributed by atoms with Crippen LogP contribution in [0.2, 0.25) is 0 Å². The molecule has 0 unspecified atom stereocenters. The summed E-state index contributed by atoms with van der Waals surface area (Å²) in [5.41, 5.74) is 17.5. The van der Waals surface area contributed by atoms with E-state index in [0.717, 1.165) is 39.7 Å². The van der Waals surface area contributed by atoms with E-state index in [1.807, 2.05) is 11.8 Å². The van der Waals surface area contributed by atoms with Crippen molar-refractivity contribution < 1.29 is 4.74 Å². The van der Waals surface area contributed by atoms with Crippen molar-refractivity contribution in [2.24, 2.45) is 0 Å². The molecule has 0 radical (unpaired) electrons. The Hall–Kier alpha value is -7.59. The van der Waals surface area contributed by atoms with E-state index in [-0.39, 0.29) is 0 Å². The zero-order chi connectivity index (χ0) is 41.3. The molecule has 14 rings (SSSR count). The third kappa shape index (κ3) is 4.54. The van der Waals surface area contributed by atoms with Crippen molar-refractivity contribution in [1.29, 1.82) is 0 Å². The van der Waals surface area contributed by atoms with Crippen LogP contribution < -0.4 is 9.64 Å². The van der Waals surface area contributed by atoms with Crippen molar-refractivity contribution in [3.8, 4) is 33.8 Å². The molecule has 2 aliphatic carbocycles. The van der Waals surface area contributed by atoms with Crippen LogP contribution >= 0.6 is 11.8 Å². The Balaban J connectivity index is 1.09. The van der Waals surface area contributed by atoms with Gasteiger partial charge in [0.25, 0.3) is 0 Å². The third-order valence-electron chi connectivity index (χ3n) is 14.2. The van der Waals surface area contributed by atoms with Crippen molar-refractivity contribution in [2.75, 3.05) is 4.90 Å². The second-order valence-corrected chi connectivity index (χ2v) is 18.2. The lowest BCUT2D eigenvalue weighted by Gasteiger charge is -2.40. The van der Waals surface area contributed by atoms with Crippen LogP contribution in [0, 0.1) is 0 Å². The molecule has 0 bridgehead atoms. The van der Waals surface area contributed by atoms with E-state index in [2.05, 4.69) is 229 Å². The standard InChI is InChI=1S/C60H37NOS/c1-2-17-39-36-40(33-32-38(39)16-1)61(41-34-35-43-42-18-3-5-20-45(42)60(52(43)37-41)49-24-9-13-30-56(49)63-57-31-14-10-25-50(57)60)53-27-15-26-51-58(53)44-19-4-6-21-46(44)59(51)47-22-7-11-28-54(47)62-55-29-12-8-23-48(55)59/h1-37H. The van der Waals surface area contributed by atoms with Crippen molar-refractivity contribution in [1.82, 2.24) is 0 Å². The Morgan fingerprint density at radius 1 is 0.333 bits per heavy atom. The molecular weight excluding hydrogens is 783 g/mol. The van der Waals surface area contributed by atoms with E-state index < -0.39 is 10.8 Å². The van der Waals surface area contributed by atoms with Crippen LogP contribution in [0.4, 0.5) is 17.1 Å². The Morgan fingerprint density at radius 2 is 0.825 bits per heavy atom. The summed E-state index contributed by atoms with van der Waals surface area (Å²) in [6, 6.07) is 83.4. The molecule has 4 aliphatic rings. The molecular formula is C60H37NOS. The summed E-state index contributed by atoms with van der Waals surface area (Å²) in [6.07, 6.45) is 0. The van der Waals surface area contributed by atoms with Gasteiger partial charge in [-0.2, -0.15) is 0 Å². The van der Waals surface area contributed by atoms with Gasteiger partial charge >= 0.3 is 0 Å². The normalized spacial score (nSPS) is 14.7. The molecule has 0 saturated carbocycles. The molecule has 2 aliphatic heterocycles. The number of nitrogens with zero attached hydrogens (tertiary/aromatic N) is 1. The second-order valence-electron chi connectivity index (χ2n) is 17.1. The minimum Gasteiger partial charge on any atom is -0.457 e. The molecule has 0 amide bonds. The van der Waals surface area contributed by atoms with Crippen molar-refractivity contribution >= 4 is 39.6 Å². The maximum atomic E-state index is 6.71. The van der Waals surface area contributed by atoms with Gasteiger partial charge in [-0.05, 0) is 115 Å². The maximum absolute atomic E-state index is 6.71. The van der Waals surface area contributed by atoms with E-state index in [9.17, 15) is 0 Å². The lowest BCUT2D eigenvalue weighted by Crippen LogP contribution is -2.32. The molecule has 0 N–H and O–H groups in total. The summed E-state index contributed by atoms with van der Waals surface area (Å²) in [7, 11) is 0. The minimum absolute atomic E-state index is 0.500. The summed E-state index contributed by atoms with van der Waals surface area (Å²) in [5, 5.41) is 2.42. The molecule has 3 heteroatoms. The highest BCUT2D eigenvalue weighted by molar-refractivity contribution is 7.99. The van der Waals surface area contributed by atoms with E-state index in [1.54, 1.807) is 0 Å². The van der Waals surface area contributed by atoms with Crippen LogP contribution in [0.5, 0.6) is 11.5 Å². The van der Waals surface area contributed by atoms with Gasteiger partial charge in [-0.15, -0.1) is 0 Å². The monoisotopic (exact) mass is 819 g/mol. The predicted molar refractivity (Wildman–Crippen MR) is 257 cm³/mol. The van der Waals surface area contributed by atoms with Crippen LogP contribution in [0.3, 0.4) is 0 Å². The van der Waals surface area contributed by atoms with Gasteiger partial charge in [-0.1, -0.05) is 182 Å². The highest BCUT2D eigenvalue weighted by atomic mass is 32.2. The Morgan fingerprint density at radius 3 is 1.54 bits per heavy atom. The molecule has 10 aromatic rings. The summed E-state index contributed by atoms with van der Waals surface area (Å²) in [6.45, 7) is 0. The van der Waals surface area contributed by atoms with Crippen LogP contribution in [0.25, 0.3) is 33.0 Å². The fourth-order valence-electron chi connectivity index (χ4n) is 11.8. The number of hydrogen-bond acceptors (Lipinski definition) is 3. The molecule has 0 aromatic heterocycles. The number of hydrogen-bond donors (Lipinski definition) is 0. The summed E-state index contributed by atoms with van der Waals surface area (Å²) < 4.78 is 6.71. The molecule has 2 spiro atoms. The van der Waals surface area contributed by atoms with E-state index in [1.165, 1.54) is 76.2 Å². The quantitative estimate of drug-likeness (QED) is 0.176. The molecule has 2 heterocycles. The first-order valence-corrected chi connectivity index (χ1v) is 22.6. The van der Waals surface area contributed by atoms with E-state index >= 15 is 0 Å². The van der Waals surface area contributed by atoms with Crippen LogP contribution in [0.15, 0.2) is 234 Å². The highest BCUT2D eigenvalue weighted by Gasteiger charge is 2.53. The average molecular weight is 820 g/mol. The van der Waals surface area contributed by atoms with Crippen molar-refractivity contribution in [2.45, 2.75) is 20.6 Å². The van der Waals surface area contributed by atoms with Gasteiger partial charge in [0.1, 0.15) is 11.5 Å². The first-order chi connectivity index (χ1) is 31.2. The zero-order valence-electron chi connectivity index (χ0n) is 34.1. The maximum Gasteiger partial charge on any atom is 0.132 e. The topological polar surface area (TPSA) is 12.5 Å². The van der Waals surface area contributed by atoms with E-state index in [4.69, 9.17) is 4.74 Å². The Kier molecular flexibility index (Phi) is 7.21. The highest BCUT2D eigenvalue weighted by Crippen LogP contribution is 2.66. The van der Waals surface area contributed by atoms with Crippen LogP contribution in [0.1, 0.15) is 44.5 Å². The molecule has 0 saturated heterocycles. The van der Waals surface area contributed by atoms with Gasteiger partial charge in [-0.25, -0.2) is 0 Å². The largest absolute Gasteiger partial charge is 0.457 e. The summed E-state index contributed by atoms with van der Waals surface area (Å²) in [4.78, 5) is 5.13.